The van der Waals surface area contributed by atoms with E-state index in [-0.39, 0.29) is 11.7 Å². The van der Waals surface area contributed by atoms with E-state index in [1.807, 2.05) is 25.1 Å². The van der Waals surface area contributed by atoms with Crippen LogP contribution in [0.15, 0.2) is 47.4 Å². The number of ether oxygens (including phenoxy) is 2. The zero-order chi connectivity index (χ0) is 23.8. The molecule has 0 atom stereocenters. The maximum Gasteiger partial charge on any atom is 0.256 e. The smallest absolute Gasteiger partial charge is 0.256 e. The van der Waals surface area contributed by atoms with Crippen molar-refractivity contribution in [2.45, 2.75) is 18.2 Å². The molecule has 10 heteroatoms. The van der Waals surface area contributed by atoms with E-state index in [0.29, 0.717) is 34.0 Å². The van der Waals surface area contributed by atoms with Crippen molar-refractivity contribution in [2.24, 2.45) is 0 Å². The fourth-order valence-corrected chi connectivity index (χ4v) is 5.44. The van der Waals surface area contributed by atoms with Crippen LogP contribution in [0.2, 0.25) is 0 Å². The Balaban J connectivity index is 1.55. The first-order chi connectivity index (χ1) is 15.7. The van der Waals surface area contributed by atoms with E-state index in [0.717, 1.165) is 20.3 Å². The van der Waals surface area contributed by atoms with Gasteiger partial charge in [-0.15, -0.1) is 11.3 Å². The molecule has 0 unspecified atom stereocenters. The number of benzene rings is 2. The third kappa shape index (κ3) is 4.43. The topological polar surface area (TPSA) is 109 Å². The van der Waals surface area contributed by atoms with Crippen molar-refractivity contribution in [3.05, 3.63) is 69.6 Å². The molecule has 0 radical (unpaired) electrons. The number of carbonyl (C=O) groups excluding carboxylic acids is 1. The lowest BCUT2D eigenvalue weighted by Crippen LogP contribution is -2.22. The van der Waals surface area contributed by atoms with E-state index in [1.54, 1.807) is 0 Å². The van der Waals surface area contributed by atoms with Gasteiger partial charge in [0.1, 0.15) is 11.1 Å². The van der Waals surface area contributed by atoms with Crippen molar-refractivity contribution in [3.8, 4) is 17.6 Å². The highest BCUT2D eigenvalue weighted by Crippen LogP contribution is 2.37. The summed E-state index contributed by atoms with van der Waals surface area (Å²) in [6.07, 6.45) is 0.578. The zero-order valence-corrected chi connectivity index (χ0v) is 19.8. The number of sulfonamides is 1. The summed E-state index contributed by atoms with van der Waals surface area (Å²) < 4.78 is 36.3. The normalized spacial score (nSPS) is 12.6. The van der Waals surface area contributed by atoms with Crippen molar-refractivity contribution < 1.29 is 22.7 Å². The third-order valence-corrected chi connectivity index (χ3v) is 8.32. The predicted molar refractivity (Wildman–Crippen MR) is 124 cm³/mol. The number of nitriles is 1. The molecule has 0 saturated heterocycles. The molecule has 0 saturated carbocycles. The molecular formula is C23H21N3O5S2. The van der Waals surface area contributed by atoms with Gasteiger partial charge in [0, 0.05) is 31.0 Å². The highest BCUT2D eigenvalue weighted by atomic mass is 32.2. The van der Waals surface area contributed by atoms with Crippen LogP contribution in [0.4, 0.5) is 5.00 Å². The van der Waals surface area contributed by atoms with Crippen LogP contribution in [-0.2, 0) is 16.4 Å². The SMILES string of the molecule is Cc1c(Cc2ccc3c(c2)OCO3)sc(NC(=O)c2ccc(S(=O)(=O)N(C)C)cc2)c1C#N. The summed E-state index contributed by atoms with van der Waals surface area (Å²) in [6, 6.07) is 13.6. The minimum atomic E-state index is -3.58. The highest BCUT2D eigenvalue weighted by molar-refractivity contribution is 7.89. The number of nitrogens with one attached hydrogen (secondary N) is 1. The molecule has 1 N–H and O–H groups in total. The quantitative estimate of drug-likeness (QED) is 0.572. The Morgan fingerprint density at radius 2 is 1.85 bits per heavy atom. The van der Waals surface area contributed by atoms with E-state index >= 15 is 0 Å². The maximum absolute atomic E-state index is 12.8. The lowest BCUT2D eigenvalue weighted by molar-refractivity contribution is 0.102. The van der Waals surface area contributed by atoms with Gasteiger partial charge in [0.05, 0.1) is 10.5 Å². The Morgan fingerprint density at radius 3 is 2.52 bits per heavy atom. The molecule has 2 heterocycles. The lowest BCUT2D eigenvalue weighted by Gasteiger charge is -2.11. The molecule has 0 fully saturated rings. The van der Waals surface area contributed by atoms with Gasteiger partial charge in [0.2, 0.25) is 16.8 Å². The standard InChI is InChI=1S/C23H21N3O5S2/c1-14-18(12-24)23(32-21(14)11-15-4-9-19-20(10-15)31-13-30-19)25-22(27)16-5-7-17(8-6-16)33(28,29)26(2)3/h4-10H,11,13H2,1-3H3,(H,25,27). The molecule has 1 aliphatic heterocycles. The van der Waals surface area contributed by atoms with Crippen LogP contribution < -0.4 is 14.8 Å². The second-order valence-electron chi connectivity index (χ2n) is 7.60. The molecule has 8 nitrogen and oxygen atoms in total. The van der Waals surface area contributed by atoms with Crippen LogP contribution in [0.25, 0.3) is 0 Å². The van der Waals surface area contributed by atoms with Crippen molar-refractivity contribution in [3.63, 3.8) is 0 Å². The van der Waals surface area contributed by atoms with Crippen molar-refractivity contribution in [1.82, 2.24) is 4.31 Å². The summed E-state index contributed by atoms with van der Waals surface area (Å²) >= 11 is 1.34. The first kappa shape index (κ1) is 22.8. The van der Waals surface area contributed by atoms with Gasteiger partial charge >= 0.3 is 0 Å². The van der Waals surface area contributed by atoms with Crippen LogP contribution in [0.1, 0.15) is 31.9 Å². The Morgan fingerprint density at radius 1 is 1.15 bits per heavy atom. The largest absolute Gasteiger partial charge is 0.454 e. The minimum Gasteiger partial charge on any atom is -0.454 e. The first-order valence-corrected chi connectivity index (χ1v) is 12.2. The van der Waals surface area contributed by atoms with Crippen molar-refractivity contribution >= 4 is 32.3 Å². The van der Waals surface area contributed by atoms with Gasteiger partial charge in [-0.3, -0.25) is 4.79 Å². The number of anilines is 1. The van der Waals surface area contributed by atoms with Crippen LogP contribution in [-0.4, -0.2) is 39.5 Å². The Hall–Kier alpha value is -3.39. The number of hydrogen-bond acceptors (Lipinski definition) is 7. The predicted octanol–water partition coefficient (Wildman–Crippen LogP) is 3.75. The second kappa shape index (κ2) is 8.86. The Bertz CT molecular complexity index is 1370. The Labute approximate surface area is 196 Å². The molecular weight excluding hydrogens is 462 g/mol. The summed E-state index contributed by atoms with van der Waals surface area (Å²) in [5.74, 6) is 0.975. The zero-order valence-electron chi connectivity index (χ0n) is 18.2. The molecule has 2 aromatic carbocycles. The van der Waals surface area contributed by atoms with Crippen LogP contribution in [0.3, 0.4) is 0 Å². The van der Waals surface area contributed by atoms with Crippen molar-refractivity contribution in [1.29, 1.82) is 5.26 Å². The third-order valence-electron chi connectivity index (χ3n) is 5.28. The summed E-state index contributed by atoms with van der Waals surface area (Å²) in [5, 5.41) is 12.9. The van der Waals surface area contributed by atoms with Crippen molar-refractivity contribution in [2.75, 3.05) is 26.2 Å². The van der Waals surface area contributed by atoms with Gasteiger partial charge in [-0.1, -0.05) is 6.07 Å². The van der Waals surface area contributed by atoms with Gasteiger partial charge in [-0.2, -0.15) is 5.26 Å². The number of amides is 1. The molecule has 1 amide bonds. The van der Waals surface area contributed by atoms with Crippen LogP contribution >= 0.6 is 11.3 Å². The molecule has 0 aliphatic carbocycles. The fraction of sp³-hybridized carbons (Fsp3) is 0.217. The number of nitrogens with zero attached hydrogens (tertiary/aromatic N) is 2. The van der Waals surface area contributed by atoms with Crippen LogP contribution in [0.5, 0.6) is 11.5 Å². The van der Waals surface area contributed by atoms with E-state index in [9.17, 15) is 18.5 Å². The van der Waals surface area contributed by atoms with Gasteiger partial charge in [-0.05, 0) is 54.4 Å². The monoisotopic (exact) mass is 483 g/mol. The number of rotatable bonds is 6. The number of hydrogen-bond donors (Lipinski definition) is 1. The van der Waals surface area contributed by atoms with E-state index in [2.05, 4.69) is 11.4 Å². The molecule has 0 bridgehead atoms. The average molecular weight is 484 g/mol. The van der Waals surface area contributed by atoms with Gasteiger partial charge < -0.3 is 14.8 Å². The van der Waals surface area contributed by atoms with Gasteiger partial charge in [0.25, 0.3) is 5.91 Å². The van der Waals surface area contributed by atoms with E-state index < -0.39 is 15.9 Å². The maximum atomic E-state index is 12.8. The summed E-state index contributed by atoms with van der Waals surface area (Å²) in [4.78, 5) is 13.8. The average Bonchev–Trinajstić information content (AvgIpc) is 3.37. The second-order valence-corrected chi connectivity index (χ2v) is 10.9. The number of carbonyl (C=O) groups is 1. The van der Waals surface area contributed by atoms with E-state index in [4.69, 9.17) is 9.47 Å². The number of thiophene rings is 1. The highest BCUT2D eigenvalue weighted by Gasteiger charge is 2.21. The summed E-state index contributed by atoms with van der Waals surface area (Å²) in [5.41, 5.74) is 2.52. The van der Waals surface area contributed by atoms with E-state index in [1.165, 1.54) is 49.7 Å². The molecule has 0 spiro atoms. The van der Waals surface area contributed by atoms with Gasteiger partial charge in [0.15, 0.2) is 11.5 Å². The molecule has 1 aromatic heterocycles. The molecule has 33 heavy (non-hydrogen) atoms. The molecule has 3 aromatic rings. The molecule has 1 aliphatic rings. The van der Waals surface area contributed by atoms with Gasteiger partial charge in [-0.25, -0.2) is 12.7 Å². The fourth-order valence-electron chi connectivity index (χ4n) is 3.35. The minimum absolute atomic E-state index is 0.0970. The molecule has 4 rings (SSSR count). The summed E-state index contributed by atoms with van der Waals surface area (Å²) in [6.45, 7) is 2.06. The first-order valence-electron chi connectivity index (χ1n) is 9.95. The lowest BCUT2D eigenvalue weighted by atomic mass is 10.1. The molecule has 170 valence electrons. The van der Waals surface area contributed by atoms with Crippen LogP contribution in [0, 0.1) is 18.3 Å². The Kier molecular flexibility index (Phi) is 6.12. The summed E-state index contributed by atoms with van der Waals surface area (Å²) in [7, 11) is -0.693. The number of fused-ring (bicyclic) bond motifs is 1.